The Morgan fingerprint density at radius 3 is 2.72 bits per heavy atom. The van der Waals surface area contributed by atoms with Crippen molar-refractivity contribution in [3.05, 3.63) is 0 Å². The van der Waals surface area contributed by atoms with Crippen LogP contribution in [0.3, 0.4) is 0 Å². The van der Waals surface area contributed by atoms with Gasteiger partial charge in [0.25, 0.3) is 0 Å². The van der Waals surface area contributed by atoms with Crippen LogP contribution in [0.25, 0.3) is 0 Å². The third-order valence-electron chi connectivity index (χ3n) is 3.75. The van der Waals surface area contributed by atoms with Crippen LogP contribution < -0.4 is 5.32 Å². The van der Waals surface area contributed by atoms with Gasteiger partial charge in [0.05, 0.1) is 18.5 Å². The molecule has 0 aromatic carbocycles. The van der Waals surface area contributed by atoms with Crippen molar-refractivity contribution in [3.63, 3.8) is 0 Å². The lowest BCUT2D eigenvalue weighted by molar-refractivity contribution is -0.139. The first-order valence-corrected chi connectivity index (χ1v) is 6.81. The van der Waals surface area contributed by atoms with Crippen molar-refractivity contribution < 1.29 is 4.79 Å². The lowest BCUT2D eigenvalue weighted by atomic mass is 9.77. The first-order chi connectivity index (χ1) is 8.40. The van der Waals surface area contributed by atoms with Gasteiger partial charge in [0, 0.05) is 12.6 Å². The Hall–Kier alpha value is -1.08. The zero-order chi connectivity index (χ0) is 13.8. The molecular weight excluding hydrogens is 226 g/mol. The van der Waals surface area contributed by atoms with Crippen molar-refractivity contribution in [1.82, 2.24) is 10.2 Å². The Bertz CT molecular complexity index is 330. The number of piperidine rings is 1. The normalized spacial score (nSPS) is 22.6. The average molecular weight is 251 g/mol. The smallest absolute Gasteiger partial charge is 0.240 e. The number of amides is 1. The van der Waals surface area contributed by atoms with Gasteiger partial charge in [0.1, 0.15) is 0 Å². The number of rotatable bonds is 4. The third-order valence-corrected chi connectivity index (χ3v) is 3.75. The van der Waals surface area contributed by atoms with Crippen molar-refractivity contribution >= 4 is 5.91 Å². The molecule has 4 heteroatoms. The number of nitriles is 1. The van der Waals surface area contributed by atoms with Crippen LogP contribution in [0.15, 0.2) is 0 Å². The summed E-state index contributed by atoms with van der Waals surface area (Å²) in [6.45, 7) is 9.73. The number of carbonyl (C=O) groups excluding carboxylic acids is 1. The van der Waals surface area contributed by atoms with Crippen LogP contribution in [-0.2, 0) is 4.79 Å². The van der Waals surface area contributed by atoms with Crippen LogP contribution in [0.5, 0.6) is 0 Å². The van der Waals surface area contributed by atoms with Crippen LogP contribution in [0.1, 0.15) is 47.0 Å². The molecule has 1 saturated heterocycles. The van der Waals surface area contributed by atoms with Crippen molar-refractivity contribution in [2.45, 2.75) is 59.0 Å². The van der Waals surface area contributed by atoms with Gasteiger partial charge in [-0.2, -0.15) is 5.26 Å². The number of nitrogens with one attached hydrogen (secondary N) is 1. The highest BCUT2D eigenvalue weighted by atomic mass is 16.2. The van der Waals surface area contributed by atoms with E-state index in [0.29, 0.717) is 13.0 Å². The minimum absolute atomic E-state index is 0.00484. The summed E-state index contributed by atoms with van der Waals surface area (Å²) in [4.78, 5) is 14.4. The summed E-state index contributed by atoms with van der Waals surface area (Å²) in [6.07, 6.45) is 2.59. The van der Waals surface area contributed by atoms with Gasteiger partial charge in [-0.15, -0.1) is 0 Å². The number of hydrogen-bond donors (Lipinski definition) is 1. The van der Waals surface area contributed by atoms with E-state index < -0.39 is 0 Å². The fourth-order valence-corrected chi connectivity index (χ4v) is 2.59. The molecule has 18 heavy (non-hydrogen) atoms. The van der Waals surface area contributed by atoms with Gasteiger partial charge in [-0.1, -0.05) is 13.8 Å². The maximum atomic E-state index is 12.6. The maximum Gasteiger partial charge on any atom is 0.240 e. The summed E-state index contributed by atoms with van der Waals surface area (Å²) in [7, 11) is 0. The molecule has 0 spiro atoms. The fraction of sp³-hybridized carbons (Fsp3) is 0.857. The zero-order valence-corrected chi connectivity index (χ0v) is 12.0. The molecule has 102 valence electrons. The van der Waals surface area contributed by atoms with Gasteiger partial charge >= 0.3 is 0 Å². The summed E-state index contributed by atoms with van der Waals surface area (Å²) in [6, 6.07) is 2.14. The maximum absolute atomic E-state index is 12.6. The minimum atomic E-state index is -0.118. The molecule has 1 aliphatic heterocycles. The van der Waals surface area contributed by atoms with Crippen LogP contribution >= 0.6 is 0 Å². The molecule has 0 saturated carbocycles. The molecule has 1 atom stereocenters. The Kier molecular flexibility index (Phi) is 5.15. The molecule has 1 heterocycles. The molecule has 1 rings (SSSR count). The summed E-state index contributed by atoms with van der Waals surface area (Å²) < 4.78 is 0. The largest absolute Gasteiger partial charge is 0.338 e. The van der Waals surface area contributed by atoms with E-state index in [1.807, 2.05) is 18.7 Å². The van der Waals surface area contributed by atoms with Gasteiger partial charge in [-0.25, -0.2) is 0 Å². The molecule has 0 aliphatic carbocycles. The van der Waals surface area contributed by atoms with Crippen molar-refractivity contribution in [1.29, 1.82) is 5.26 Å². The SMILES string of the molecule is CC(C)N(CCC#N)C(=O)C1NCCCC1(C)C. The predicted molar refractivity (Wildman–Crippen MR) is 71.9 cm³/mol. The molecule has 4 nitrogen and oxygen atoms in total. The summed E-state index contributed by atoms with van der Waals surface area (Å²) in [5.41, 5.74) is -0.00484. The molecule has 0 radical (unpaired) electrons. The second-order valence-electron chi connectivity index (χ2n) is 6.01. The summed E-state index contributed by atoms with van der Waals surface area (Å²) in [5, 5.41) is 12.0. The monoisotopic (exact) mass is 251 g/mol. The van der Waals surface area contributed by atoms with Crippen molar-refractivity contribution in [3.8, 4) is 6.07 Å². The highest BCUT2D eigenvalue weighted by Crippen LogP contribution is 2.31. The van der Waals surface area contributed by atoms with E-state index in [1.54, 1.807) is 0 Å². The molecule has 0 aromatic heterocycles. The van der Waals surface area contributed by atoms with E-state index in [9.17, 15) is 4.79 Å². The molecule has 0 bridgehead atoms. The second-order valence-corrected chi connectivity index (χ2v) is 6.01. The van der Waals surface area contributed by atoms with E-state index in [2.05, 4.69) is 25.2 Å². The third kappa shape index (κ3) is 3.46. The standard InChI is InChI=1S/C14H25N3O/c1-11(2)17(10-6-8-15)13(18)12-14(3,4)7-5-9-16-12/h11-12,16H,5-7,9-10H2,1-4H3. The van der Waals surface area contributed by atoms with Crippen LogP contribution in [-0.4, -0.2) is 36.0 Å². The highest BCUT2D eigenvalue weighted by molar-refractivity contribution is 5.83. The number of nitrogens with zero attached hydrogens (tertiary/aromatic N) is 2. The van der Waals surface area contributed by atoms with Gasteiger partial charge in [0.15, 0.2) is 0 Å². The molecule has 0 aromatic rings. The molecule has 1 fully saturated rings. The first kappa shape index (κ1) is 15.0. The second kappa shape index (κ2) is 6.19. The quantitative estimate of drug-likeness (QED) is 0.830. The topological polar surface area (TPSA) is 56.1 Å². The molecule has 1 N–H and O–H groups in total. The van der Waals surface area contributed by atoms with E-state index in [1.165, 1.54) is 0 Å². The van der Waals surface area contributed by atoms with E-state index >= 15 is 0 Å². The Balaban J connectivity index is 2.78. The van der Waals surface area contributed by atoms with Gasteiger partial charge in [-0.05, 0) is 38.6 Å². The van der Waals surface area contributed by atoms with E-state index in [0.717, 1.165) is 19.4 Å². The summed E-state index contributed by atoms with van der Waals surface area (Å²) >= 11 is 0. The molecule has 1 amide bonds. The fourth-order valence-electron chi connectivity index (χ4n) is 2.59. The lowest BCUT2D eigenvalue weighted by Crippen LogP contribution is -2.57. The Morgan fingerprint density at radius 2 is 2.22 bits per heavy atom. The van der Waals surface area contributed by atoms with Crippen LogP contribution in [0.4, 0.5) is 0 Å². The molecule has 1 aliphatic rings. The average Bonchev–Trinajstić information content (AvgIpc) is 2.28. The van der Waals surface area contributed by atoms with E-state index in [4.69, 9.17) is 5.26 Å². The molecular formula is C14H25N3O. The summed E-state index contributed by atoms with van der Waals surface area (Å²) in [5.74, 6) is 0.143. The van der Waals surface area contributed by atoms with Crippen molar-refractivity contribution in [2.75, 3.05) is 13.1 Å². The zero-order valence-electron chi connectivity index (χ0n) is 12.0. The van der Waals surface area contributed by atoms with E-state index in [-0.39, 0.29) is 23.4 Å². The Morgan fingerprint density at radius 1 is 1.56 bits per heavy atom. The lowest BCUT2D eigenvalue weighted by Gasteiger charge is -2.41. The Labute approximate surface area is 110 Å². The number of hydrogen-bond acceptors (Lipinski definition) is 3. The van der Waals surface area contributed by atoms with Crippen molar-refractivity contribution in [2.24, 2.45) is 5.41 Å². The number of carbonyl (C=O) groups is 1. The van der Waals surface area contributed by atoms with Gasteiger partial charge < -0.3 is 10.2 Å². The predicted octanol–water partition coefficient (Wildman–Crippen LogP) is 1.92. The minimum Gasteiger partial charge on any atom is -0.338 e. The first-order valence-electron chi connectivity index (χ1n) is 6.81. The molecule has 1 unspecified atom stereocenters. The highest BCUT2D eigenvalue weighted by Gasteiger charge is 2.39. The van der Waals surface area contributed by atoms with Crippen LogP contribution in [0, 0.1) is 16.7 Å². The van der Waals surface area contributed by atoms with Crippen LogP contribution in [0.2, 0.25) is 0 Å². The van der Waals surface area contributed by atoms with Gasteiger partial charge in [0.2, 0.25) is 5.91 Å². The van der Waals surface area contributed by atoms with Gasteiger partial charge in [-0.3, -0.25) is 4.79 Å².